The number of alkyl halides is 2. The second-order valence-corrected chi connectivity index (χ2v) is 5.92. The molecule has 2 aromatic rings. The standard InChI is InChI=1S/C14H19F2N3O/c1-9(2)12-5-11(18-20-12)6-14(3,4)10-7-17-19(8-10)13(15)16/h5,7-9,13H,6H2,1-4H3. The number of nitrogens with zero attached hydrogens (tertiary/aromatic N) is 3. The summed E-state index contributed by atoms with van der Waals surface area (Å²) in [4.78, 5) is 0. The fourth-order valence-electron chi connectivity index (χ4n) is 2.03. The van der Waals surface area contributed by atoms with E-state index in [0.717, 1.165) is 17.0 Å². The molecular weight excluding hydrogens is 264 g/mol. The summed E-state index contributed by atoms with van der Waals surface area (Å²) in [6.07, 6.45) is 3.47. The van der Waals surface area contributed by atoms with Crippen LogP contribution in [0.15, 0.2) is 23.0 Å². The van der Waals surface area contributed by atoms with E-state index in [9.17, 15) is 8.78 Å². The van der Waals surface area contributed by atoms with Crippen LogP contribution in [0.25, 0.3) is 0 Å². The first-order valence-corrected chi connectivity index (χ1v) is 6.58. The zero-order valence-electron chi connectivity index (χ0n) is 12.1. The second-order valence-electron chi connectivity index (χ2n) is 5.92. The average molecular weight is 283 g/mol. The Balaban J connectivity index is 2.16. The summed E-state index contributed by atoms with van der Waals surface area (Å²) in [6.45, 7) is 5.40. The summed E-state index contributed by atoms with van der Waals surface area (Å²) in [5.41, 5.74) is 1.24. The van der Waals surface area contributed by atoms with Crippen molar-refractivity contribution in [1.29, 1.82) is 0 Å². The molecule has 4 nitrogen and oxygen atoms in total. The summed E-state index contributed by atoms with van der Waals surface area (Å²) in [5, 5.41) is 7.72. The molecule has 6 heteroatoms. The number of hydrogen-bond acceptors (Lipinski definition) is 3. The third-order valence-corrected chi connectivity index (χ3v) is 3.35. The molecule has 2 aromatic heterocycles. The summed E-state index contributed by atoms with van der Waals surface area (Å²) >= 11 is 0. The highest BCUT2D eigenvalue weighted by Crippen LogP contribution is 2.29. The summed E-state index contributed by atoms with van der Waals surface area (Å²) in [6, 6.07) is 1.92. The van der Waals surface area contributed by atoms with E-state index in [4.69, 9.17) is 4.52 Å². The molecule has 0 atom stereocenters. The van der Waals surface area contributed by atoms with E-state index >= 15 is 0 Å². The van der Waals surface area contributed by atoms with Crippen LogP contribution in [0, 0.1) is 0 Å². The molecule has 2 rings (SSSR count). The van der Waals surface area contributed by atoms with Gasteiger partial charge in [-0.3, -0.25) is 0 Å². The Labute approximate surface area is 116 Å². The lowest BCUT2D eigenvalue weighted by Gasteiger charge is -2.21. The molecule has 0 radical (unpaired) electrons. The molecule has 2 heterocycles. The van der Waals surface area contributed by atoms with Crippen molar-refractivity contribution in [3.63, 3.8) is 0 Å². The molecule has 0 N–H and O–H groups in total. The number of halogens is 2. The minimum absolute atomic E-state index is 0.279. The van der Waals surface area contributed by atoms with Crippen LogP contribution in [-0.2, 0) is 11.8 Å². The van der Waals surface area contributed by atoms with Crippen LogP contribution in [0.3, 0.4) is 0 Å². The van der Waals surface area contributed by atoms with Crippen LogP contribution in [-0.4, -0.2) is 14.9 Å². The second kappa shape index (κ2) is 5.34. The highest BCUT2D eigenvalue weighted by Gasteiger charge is 2.26. The molecule has 0 aromatic carbocycles. The molecule has 0 aliphatic heterocycles. The van der Waals surface area contributed by atoms with Crippen molar-refractivity contribution in [1.82, 2.24) is 14.9 Å². The zero-order chi connectivity index (χ0) is 14.9. The largest absolute Gasteiger partial charge is 0.361 e. The number of aromatic nitrogens is 3. The Bertz CT molecular complexity index is 572. The van der Waals surface area contributed by atoms with Crippen molar-refractivity contribution in [2.24, 2.45) is 0 Å². The van der Waals surface area contributed by atoms with Gasteiger partial charge in [0.2, 0.25) is 0 Å². The smallest absolute Gasteiger partial charge is 0.333 e. The molecule has 0 fully saturated rings. The zero-order valence-corrected chi connectivity index (χ0v) is 12.1. The fourth-order valence-corrected chi connectivity index (χ4v) is 2.03. The minimum atomic E-state index is -2.61. The van der Waals surface area contributed by atoms with Gasteiger partial charge in [0.25, 0.3) is 0 Å². The van der Waals surface area contributed by atoms with Crippen molar-refractivity contribution < 1.29 is 13.3 Å². The van der Waals surface area contributed by atoms with Gasteiger partial charge in [0, 0.05) is 24.6 Å². The van der Waals surface area contributed by atoms with E-state index in [2.05, 4.69) is 10.3 Å². The Hall–Kier alpha value is -1.72. The van der Waals surface area contributed by atoms with Gasteiger partial charge in [0.15, 0.2) is 0 Å². The van der Waals surface area contributed by atoms with Gasteiger partial charge in [-0.15, -0.1) is 0 Å². The highest BCUT2D eigenvalue weighted by atomic mass is 19.3. The first-order valence-electron chi connectivity index (χ1n) is 6.58. The predicted octanol–water partition coefficient (Wildman–Crippen LogP) is 3.91. The molecule has 0 aliphatic carbocycles. The van der Waals surface area contributed by atoms with Crippen molar-refractivity contribution >= 4 is 0 Å². The Kier molecular flexibility index (Phi) is 3.92. The van der Waals surface area contributed by atoms with Gasteiger partial charge >= 0.3 is 6.55 Å². The lowest BCUT2D eigenvalue weighted by atomic mass is 9.82. The molecule has 0 amide bonds. The molecule has 110 valence electrons. The number of rotatable bonds is 5. The Morgan fingerprint density at radius 3 is 2.55 bits per heavy atom. The summed E-state index contributed by atoms with van der Waals surface area (Å²) < 4.78 is 31.0. The molecule has 0 bridgehead atoms. The van der Waals surface area contributed by atoms with Gasteiger partial charge in [-0.05, 0) is 11.0 Å². The van der Waals surface area contributed by atoms with Gasteiger partial charge < -0.3 is 4.52 Å². The van der Waals surface area contributed by atoms with Crippen molar-refractivity contribution in [2.45, 2.75) is 52.0 Å². The van der Waals surface area contributed by atoms with E-state index in [1.54, 1.807) is 0 Å². The van der Waals surface area contributed by atoms with E-state index in [0.29, 0.717) is 11.1 Å². The monoisotopic (exact) mass is 283 g/mol. The minimum Gasteiger partial charge on any atom is -0.361 e. The van der Waals surface area contributed by atoms with Crippen LogP contribution in [0.2, 0.25) is 0 Å². The van der Waals surface area contributed by atoms with Crippen molar-refractivity contribution in [2.75, 3.05) is 0 Å². The predicted molar refractivity (Wildman–Crippen MR) is 70.8 cm³/mol. The normalized spacial score (nSPS) is 12.6. The maximum Gasteiger partial charge on any atom is 0.333 e. The third kappa shape index (κ3) is 3.05. The molecule has 20 heavy (non-hydrogen) atoms. The molecule has 0 aliphatic rings. The Morgan fingerprint density at radius 1 is 1.35 bits per heavy atom. The maximum atomic E-state index is 12.6. The molecular formula is C14H19F2N3O. The summed E-state index contributed by atoms with van der Waals surface area (Å²) in [5.74, 6) is 1.11. The van der Waals surface area contributed by atoms with Crippen LogP contribution >= 0.6 is 0 Å². The van der Waals surface area contributed by atoms with Gasteiger partial charge in [-0.2, -0.15) is 13.9 Å². The van der Waals surface area contributed by atoms with Crippen LogP contribution in [0.4, 0.5) is 8.78 Å². The third-order valence-electron chi connectivity index (χ3n) is 3.35. The van der Waals surface area contributed by atoms with Gasteiger partial charge in [-0.1, -0.05) is 32.9 Å². The maximum absolute atomic E-state index is 12.6. The molecule has 0 unspecified atom stereocenters. The van der Waals surface area contributed by atoms with Crippen LogP contribution in [0.1, 0.15) is 57.2 Å². The van der Waals surface area contributed by atoms with Gasteiger partial charge in [-0.25, -0.2) is 4.68 Å². The highest BCUT2D eigenvalue weighted by molar-refractivity contribution is 5.21. The average Bonchev–Trinajstić information content (AvgIpc) is 2.95. The molecule has 0 saturated heterocycles. The van der Waals surface area contributed by atoms with E-state index in [1.807, 2.05) is 33.8 Å². The summed E-state index contributed by atoms with van der Waals surface area (Å²) in [7, 11) is 0. The van der Waals surface area contributed by atoms with Gasteiger partial charge in [0.1, 0.15) is 5.76 Å². The molecule has 0 saturated carbocycles. The first kappa shape index (κ1) is 14.7. The topological polar surface area (TPSA) is 43.9 Å². The van der Waals surface area contributed by atoms with Crippen LogP contribution < -0.4 is 0 Å². The quantitative estimate of drug-likeness (QED) is 0.835. The number of hydrogen-bond donors (Lipinski definition) is 0. The Morgan fingerprint density at radius 2 is 2.05 bits per heavy atom. The van der Waals surface area contributed by atoms with E-state index in [-0.39, 0.29) is 11.3 Å². The van der Waals surface area contributed by atoms with Crippen molar-refractivity contribution in [3.8, 4) is 0 Å². The SMILES string of the molecule is CC(C)c1cc(CC(C)(C)c2cnn(C(F)F)c2)no1. The lowest BCUT2D eigenvalue weighted by molar-refractivity contribution is 0.0564. The first-order chi connectivity index (χ1) is 9.29. The van der Waals surface area contributed by atoms with E-state index < -0.39 is 6.55 Å². The fraction of sp³-hybridized carbons (Fsp3) is 0.571. The molecule has 0 spiro atoms. The van der Waals surface area contributed by atoms with Gasteiger partial charge in [0.05, 0.1) is 11.9 Å². The van der Waals surface area contributed by atoms with E-state index in [1.165, 1.54) is 12.4 Å². The van der Waals surface area contributed by atoms with Crippen LogP contribution in [0.5, 0.6) is 0 Å². The lowest BCUT2D eigenvalue weighted by Crippen LogP contribution is -2.20. The van der Waals surface area contributed by atoms with Crippen molar-refractivity contribution in [3.05, 3.63) is 35.5 Å².